The number of benzene rings is 1. The first kappa shape index (κ1) is 13.0. The van der Waals surface area contributed by atoms with E-state index in [0.29, 0.717) is 5.56 Å². The molecular weight excluding hydrogens is 217 g/mol. The summed E-state index contributed by atoms with van der Waals surface area (Å²) in [5, 5.41) is 9.00. The van der Waals surface area contributed by atoms with Crippen LogP contribution in [0.3, 0.4) is 0 Å². The van der Waals surface area contributed by atoms with Gasteiger partial charge in [0.2, 0.25) is 0 Å². The predicted octanol–water partition coefficient (Wildman–Crippen LogP) is 3.08. The molecule has 0 bridgehead atoms. The standard InChI is InChI=1S/C12H15F3O/c1-7-4-9(3)10(5-8(7)2)6-11(16)12(13,14)15/h4-5,11,16H,6H2,1-3H3. The third-order valence-corrected chi connectivity index (χ3v) is 2.74. The monoisotopic (exact) mass is 232 g/mol. The van der Waals surface area contributed by atoms with Crippen molar-refractivity contribution >= 4 is 0 Å². The normalized spacial score (nSPS) is 13.9. The Morgan fingerprint density at radius 2 is 1.56 bits per heavy atom. The number of hydrogen-bond donors (Lipinski definition) is 1. The van der Waals surface area contributed by atoms with Gasteiger partial charge >= 0.3 is 6.18 Å². The molecule has 16 heavy (non-hydrogen) atoms. The molecule has 1 atom stereocenters. The Labute approximate surface area is 92.9 Å². The lowest BCUT2D eigenvalue weighted by molar-refractivity contribution is -0.203. The molecule has 1 N–H and O–H groups in total. The van der Waals surface area contributed by atoms with Crippen LogP contribution in [-0.4, -0.2) is 17.4 Å². The highest BCUT2D eigenvalue weighted by Crippen LogP contribution is 2.25. The van der Waals surface area contributed by atoms with Crippen LogP contribution in [0.4, 0.5) is 13.2 Å². The van der Waals surface area contributed by atoms with Crippen molar-refractivity contribution in [2.45, 2.75) is 39.5 Å². The molecule has 0 aromatic heterocycles. The first-order valence-electron chi connectivity index (χ1n) is 5.03. The van der Waals surface area contributed by atoms with Crippen LogP contribution < -0.4 is 0 Å². The maximum Gasteiger partial charge on any atom is 0.414 e. The van der Waals surface area contributed by atoms with E-state index >= 15 is 0 Å². The summed E-state index contributed by atoms with van der Waals surface area (Å²) in [6.45, 7) is 5.51. The Balaban J connectivity index is 2.94. The summed E-state index contributed by atoms with van der Waals surface area (Å²) in [4.78, 5) is 0. The number of alkyl halides is 3. The van der Waals surface area contributed by atoms with Crippen LogP contribution in [0.15, 0.2) is 12.1 Å². The summed E-state index contributed by atoms with van der Waals surface area (Å²) >= 11 is 0. The van der Waals surface area contributed by atoms with Crippen LogP contribution in [0.2, 0.25) is 0 Å². The molecule has 0 saturated carbocycles. The zero-order valence-corrected chi connectivity index (χ0v) is 9.52. The Kier molecular flexibility index (Phi) is 3.63. The third kappa shape index (κ3) is 2.98. The second kappa shape index (κ2) is 4.45. The summed E-state index contributed by atoms with van der Waals surface area (Å²) in [7, 11) is 0. The lowest BCUT2D eigenvalue weighted by Crippen LogP contribution is -2.30. The highest BCUT2D eigenvalue weighted by Gasteiger charge is 2.38. The number of aliphatic hydroxyl groups excluding tert-OH is 1. The molecular formula is C12H15F3O. The largest absolute Gasteiger partial charge is 0.414 e. The highest BCUT2D eigenvalue weighted by molar-refractivity contribution is 5.36. The fraction of sp³-hybridized carbons (Fsp3) is 0.500. The molecule has 90 valence electrons. The second-order valence-corrected chi connectivity index (χ2v) is 4.12. The Bertz CT molecular complexity index is 383. The minimum atomic E-state index is -4.55. The van der Waals surface area contributed by atoms with E-state index in [1.807, 2.05) is 19.9 Å². The van der Waals surface area contributed by atoms with Gasteiger partial charge in [-0.1, -0.05) is 12.1 Å². The van der Waals surface area contributed by atoms with Crippen molar-refractivity contribution in [3.63, 3.8) is 0 Å². The molecule has 1 aromatic carbocycles. The van der Waals surface area contributed by atoms with Crippen LogP contribution >= 0.6 is 0 Å². The smallest absolute Gasteiger partial charge is 0.383 e. The molecule has 1 aromatic rings. The van der Waals surface area contributed by atoms with Crippen LogP contribution in [0.1, 0.15) is 22.3 Å². The van der Waals surface area contributed by atoms with Crippen molar-refractivity contribution in [1.29, 1.82) is 0 Å². The maximum atomic E-state index is 12.2. The number of aliphatic hydroxyl groups is 1. The molecule has 0 heterocycles. The molecule has 0 amide bonds. The van der Waals surface area contributed by atoms with Gasteiger partial charge in [0.1, 0.15) is 0 Å². The van der Waals surface area contributed by atoms with Crippen LogP contribution in [0.5, 0.6) is 0 Å². The van der Waals surface area contributed by atoms with E-state index in [0.717, 1.165) is 16.7 Å². The van der Waals surface area contributed by atoms with E-state index in [-0.39, 0.29) is 6.42 Å². The van der Waals surface area contributed by atoms with E-state index in [1.165, 1.54) is 0 Å². The summed E-state index contributed by atoms with van der Waals surface area (Å²) in [6.07, 6.45) is -7.21. The Morgan fingerprint density at radius 1 is 1.06 bits per heavy atom. The molecule has 4 heteroatoms. The maximum absolute atomic E-state index is 12.2. The van der Waals surface area contributed by atoms with Crippen LogP contribution in [0.25, 0.3) is 0 Å². The minimum Gasteiger partial charge on any atom is -0.383 e. The first-order valence-corrected chi connectivity index (χ1v) is 5.03. The predicted molar refractivity (Wildman–Crippen MR) is 56.4 cm³/mol. The van der Waals surface area contributed by atoms with Crippen molar-refractivity contribution < 1.29 is 18.3 Å². The van der Waals surface area contributed by atoms with Crippen molar-refractivity contribution in [3.8, 4) is 0 Å². The summed E-state index contributed by atoms with van der Waals surface area (Å²) in [5.41, 5.74) is 3.32. The summed E-state index contributed by atoms with van der Waals surface area (Å²) in [5.74, 6) is 0. The number of aryl methyl sites for hydroxylation is 3. The molecule has 0 aliphatic carbocycles. The van der Waals surface area contributed by atoms with Gasteiger partial charge in [0.05, 0.1) is 0 Å². The van der Waals surface area contributed by atoms with Crippen LogP contribution in [-0.2, 0) is 6.42 Å². The van der Waals surface area contributed by atoms with Crippen molar-refractivity contribution in [1.82, 2.24) is 0 Å². The molecule has 0 aliphatic rings. The first-order chi connectivity index (χ1) is 7.21. The van der Waals surface area contributed by atoms with Gasteiger partial charge in [-0.15, -0.1) is 0 Å². The SMILES string of the molecule is Cc1cc(C)c(CC(O)C(F)(F)F)cc1C. The third-order valence-electron chi connectivity index (χ3n) is 2.74. The Morgan fingerprint density at radius 3 is 2.06 bits per heavy atom. The summed E-state index contributed by atoms with van der Waals surface area (Å²) < 4.78 is 36.6. The molecule has 0 saturated heterocycles. The van der Waals surface area contributed by atoms with Gasteiger partial charge in [-0.05, 0) is 43.0 Å². The van der Waals surface area contributed by atoms with Crippen molar-refractivity contribution in [2.24, 2.45) is 0 Å². The average molecular weight is 232 g/mol. The van der Waals surface area contributed by atoms with Gasteiger partial charge < -0.3 is 5.11 Å². The minimum absolute atomic E-state index is 0.379. The molecule has 1 nitrogen and oxygen atoms in total. The highest BCUT2D eigenvalue weighted by atomic mass is 19.4. The van der Waals surface area contributed by atoms with Gasteiger partial charge in [0, 0.05) is 6.42 Å². The number of hydrogen-bond acceptors (Lipinski definition) is 1. The lowest BCUT2D eigenvalue weighted by atomic mass is 9.97. The van der Waals surface area contributed by atoms with Gasteiger partial charge in [-0.3, -0.25) is 0 Å². The van der Waals surface area contributed by atoms with E-state index in [1.54, 1.807) is 13.0 Å². The fourth-order valence-corrected chi connectivity index (χ4v) is 1.56. The molecule has 0 spiro atoms. The number of rotatable bonds is 2. The van der Waals surface area contributed by atoms with Crippen LogP contribution in [0, 0.1) is 20.8 Å². The topological polar surface area (TPSA) is 20.2 Å². The zero-order chi connectivity index (χ0) is 12.5. The van der Waals surface area contributed by atoms with E-state index in [9.17, 15) is 13.2 Å². The molecule has 1 unspecified atom stereocenters. The van der Waals surface area contributed by atoms with Crippen molar-refractivity contribution in [3.05, 3.63) is 34.4 Å². The zero-order valence-electron chi connectivity index (χ0n) is 9.52. The molecule has 0 fully saturated rings. The van der Waals surface area contributed by atoms with E-state index in [2.05, 4.69) is 0 Å². The van der Waals surface area contributed by atoms with Gasteiger partial charge in [0.15, 0.2) is 6.10 Å². The number of halogens is 3. The average Bonchev–Trinajstić information content (AvgIpc) is 2.12. The quantitative estimate of drug-likeness (QED) is 0.830. The van der Waals surface area contributed by atoms with Gasteiger partial charge in [0.25, 0.3) is 0 Å². The van der Waals surface area contributed by atoms with E-state index in [4.69, 9.17) is 5.11 Å². The summed E-state index contributed by atoms with van der Waals surface area (Å²) in [6, 6.07) is 3.55. The fourth-order valence-electron chi connectivity index (χ4n) is 1.56. The lowest BCUT2D eigenvalue weighted by Gasteiger charge is -2.16. The molecule has 1 rings (SSSR count). The van der Waals surface area contributed by atoms with Gasteiger partial charge in [-0.2, -0.15) is 13.2 Å². The molecule has 0 radical (unpaired) electrons. The second-order valence-electron chi connectivity index (χ2n) is 4.12. The van der Waals surface area contributed by atoms with Crippen molar-refractivity contribution in [2.75, 3.05) is 0 Å². The Hall–Kier alpha value is -1.03. The molecule has 0 aliphatic heterocycles. The van der Waals surface area contributed by atoms with Gasteiger partial charge in [-0.25, -0.2) is 0 Å². The van der Waals surface area contributed by atoms with E-state index < -0.39 is 12.3 Å².